The van der Waals surface area contributed by atoms with Gasteiger partial charge in [-0.25, -0.2) is 4.79 Å². The van der Waals surface area contributed by atoms with E-state index in [1.54, 1.807) is 0 Å². The average Bonchev–Trinajstić information content (AvgIpc) is 2.72. The van der Waals surface area contributed by atoms with Crippen LogP contribution in [0.25, 0.3) is 0 Å². The molecule has 2 atom stereocenters. The number of amides is 3. The number of hydrogen-bond acceptors (Lipinski definition) is 5. The van der Waals surface area contributed by atoms with Crippen molar-refractivity contribution in [2.75, 3.05) is 6.54 Å². The van der Waals surface area contributed by atoms with E-state index in [0.29, 0.717) is 18.9 Å². The van der Waals surface area contributed by atoms with Gasteiger partial charge in [-0.05, 0) is 50.9 Å². The Morgan fingerprint density at radius 1 is 0.903 bits per heavy atom. The van der Waals surface area contributed by atoms with Gasteiger partial charge in [0.1, 0.15) is 12.1 Å². The van der Waals surface area contributed by atoms with Gasteiger partial charge in [0, 0.05) is 25.3 Å². The highest BCUT2D eigenvalue weighted by Crippen LogP contribution is 2.28. The van der Waals surface area contributed by atoms with E-state index in [2.05, 4.69) is 22.9 Å². The van der Waals surface area contributed by atoms with Gasteiger partial charge in [-0.2, -0.15) is 0 Å². The third-order valence-electron chi connectivity index (χ3n) is 5.51. The molecule has 176 valence electrons. The monoisotopic (exact) mass is 441 g/mol. The summed E-state index contributed by atoms with van der Waals surface area (Å²) in [7, 11) is 0. The summed E-state index contributed by atoms with van der Waals surface area (Å²) in [6.07, 6.45) is 3.27. The second kappa shape index (κ2) is 13.6. The number of carbonyl (C=O) groups excluding carboxylic acids is 3. The third kappa shape index (κ3) is 10.3. The second-order valence-corrected chi connectivity index (χ2v) is 8.24. The smallest absolute Gasteiger partial charge is 0.326 e. The molecule has 0 radical (unpaired) electrons. The topological polar surface area (TPSA) is 162 Å². The maximum Gasteiger partial charge on any atom is 0.326 e. The van der Waals surface area contributed by atoms with E-state index in [1.165, 1.54) is 0 Å². The summed E-state index contributed by atoms with van der Waals surface area (Å²) >= 11 is 0. The lowest BCUT2D eigenvalue weighted by Crippen LogP contribution is -2.48. The lowest BCUT2D eigenvalue weighted by Gasteiger charge is -2.26. The van der Waals surface area contributed by atoms with Crippen LogP contribution < -0.4 is 16.0 Å². The van der Waals surface area contributed by atoms with Gasteiger partial charge < -0.3 is 26.2 Å². The van der Waals surface area contributed by atoms with Crippen molar-refractivity contribution >= 4 is 29.7 Å². The zero-order valence-corrected chi connectivity index (χ0v) is 18.3. The minimum absolute atomic E-state index is 0.0736. The molecule has 0 heterocycles. The molecular weight excluding hydrogens is 406 g/mol. The lowest BCUT2D eigenvalue weighted by molar-refractivity contribution is -0.143. The number of carboxylic acid groups (broad SMARTS) is 2. The first kappa shape index (κ1) is 26.4. The first-order valence-corrected chi connectivity index (χ1v) is 11.0. The number of rotatable bonds is 13. The van der Waals surface area contributed by atoms with Crippen LogP contribution in [-0.4, -0.2) is 58.5 Å². The first-order chi connectivity index (χ1) is 14.6. The maximum absolute atomic E-state index is 12.4. The molecule has 0 saturated heterocycles. The second-order valence-electron chi connectivity index (χ2n) is 8.24. The largest absolute Gasteiger partial charge is 0.481 e. The van der Waals surface area contributed by atoms with Crippen molar-refractivity contribution in [1.29, 1.82) is 0 Å². The van der Waals surface area contributed by atoms with Crippen LogP contribution in [0.1, 0.15) is 71.6 Å². The molecule has 5 N–H and O–H groups in total. The number of carbonyl (C=O) groups is 5. The summed E-state index contributed by atoms with van der Waals surface area (Å²) in [6.45, 7) is 4.38. The molecule has 0 aromatic carbocycles. The fourth-order valence-corrected chi connectivity index (χ4v) is 3.52. The Kier molecular flexibility index (Phi) is 11.6. The van der Waals surface area contributed by atoms with Crippen LogP contribution in [0.2, 0.25) is 0 Å². The van der Waals surface area contributed by atoms with E-state index in [1.807, 2.05) is 6.92 Å². The Balaban J connectivity index is 2.58. The molecular formula is C21H35N3O7. The summed E-state index contributed by atoms with van der Waals surface area (Å²) in [5.41, 5.74) is 0. The van der Waals surface area contributed by atoms with Gasteiger partial charge in [0.15, 0.2) is 0 Å². The highest BCUT2D eigenvalue weighted by Gasteiger charge is 2.29. The molecule has 0 aliphatic heterocycles. The molecule has 0 aromatic heterocycles. The van der Waals surface area contributed by atoms with Crippen LogP contribution in [-0.2, 0) is 24.0 Å². The number of nitrogens with one attached hydrogen (secondary N) is 3. The minimum atomic E-state index is -1.23. The van der Waals surface area contributed by atoms with E-state index in [-0.39, 0.29) is 37.5 Å². The molecule has 1 aliphatic carbocycles. The van der Waals surface area contributed by atoms with E-state index >= 15 is 0 Å². The Bertz CT molecular complexity index is 645. The first-order valence-electron chi connectivity index (χ1n) is 11.0. The van der Waals surface area contributed by atoms with Crippen molar-refractivity contribution in [3.05, 3.63) is 0 Å². The van der Waals surface area contributed by atoms with Crippen LogP contribution in [0.4, 0.5) is 0 Å². The van der Waals surface area contributed by atoms with Crippen LogP contribution in [0.3, 0.4) is 0 Å². The van der Waals surface area contributed by atoms with Gasteiger partial charge in [0.25, 0.3) is 0 Å². The van der Waals surface area contributed by atoms with E-state index in [0.717, 1.165) is 25.7 Å². The molecule has 0 bridgehead atoms. The Morgan fingerprint density at radius 3 is 2.06 bits per heavy atom. The SMILES string of the molecule is CCCNC(=O)C(CCC(=O)O)NC(=O)CCC(NC(=O)C1CCC(C)CC1)C(=O)O. The number of hydrogen-bond donors (Lipinski definition) is 5. The average molecular weight is 442 g/mol. The van der Waals surface area contributed by atoms with Gasteiger partial charge in [-0.1, -0.05) is 13.8 Å². The van der Waals surface area contributed by atoms with Gasteiger partial charge in [-0.3, -0.25) is 19.2 Å². The Morgan fingerprint density at radius 2 is 1.52 bits per heavy atom. The quantitative estimate of drug-likeness (QED) is 0.285. The fourth-order valence-electron chi connectivity index (χ4n) is 3.52. The maximum atomic E-state index is 12.4. The van der Waals surface area contributed by atoms with Crippen LogP contribution >= 0.6 is 0 Å². The molecule has 10 heteroatoms. The molecule has 31 heavy (non-hydrogen) atoms. The summed E-state index contributed by atoms with van der Waals surface area (Å²) in [6, 6.07) is -2.22. The Labute approximate surface area is 182 Å². The van der Waals surface area contributed by atoms with Crippen molar-refractivity contribution < 1.29 is 34.2 Å². The van der Waals surface area contributed by atoms with Crippen molar-refractivity contribution in [2.45, 2.75) is 83.7 Å². The fraction of sp³-hybridized carbons (Fsp3) is 0.762. The van der Waals surface area contributed by atoms with Crippen molar-refractivity contribution in [3.8, 4) is 0 Å². The normalized spacial score (nSPS) is 20.2. The Hall–Kier alpha value is -2.65. The number of aliphatic carboxylic acids is 2. The van der Waals surface area contributed by atoms with Gasteiger partial charge in [0.05, 0.1) is 0 Å². The molecule has 1 rings (SSSR count). The summed E-state index contributed by atoms with van der Waals surface area (Å²) in [4.78, 5) is 59.2. The van der Waals surface area contributed by atoms with Crippen LogP contribution in [0, 0.1) is 11.8 Å². The predicted octanol–water partition coefficient (Wildman–Crippen LogP) is 1.04. The summed E-state index contributed by atoms with van der Waals surface area (Å²) < 4.78 is 0. The van der Waals surface area contributed by atoms with Gasteiger partial charge in [-0.15, -0.1) is 0 Å². The number of carboxylic acids is 2. The van der Waals surface area contributed by atoms with E-state index in [4.69, 9.17) is 5.11 Å². The zero-order chi connectivity index (χ0) is 23.4. The highest BCUT2D eigenvalue weighted by atomic mass is 16.4. The van der Waals surface area contributed by atoms with Gasteiger partial charge >= 0.3 is 11.9 Å². The van der Waals surface area contributed by atoms with Crippen molar-refractivity contribution in [1.82, 2.24) is 16.0 Å². The lowest BCUT2D eigenvalue weighted by atomic mass is 9.82. The molecule has 1 fully saturated rings. The summed E-state index contributed by atoms with van der Waals surface area (Å²) in [5.74, 6) is -3.33. The van der Waals surface area contributed by atoms with Gasteiger partial charge in [0.2, 0.25) is 17.7 Å². The van der Waals surface area contributed by atoms with Crippen molar-refractivity contribution in [2.24, 2.45) is 11.8 Å². The molecule has 1 aliphatic rings. The van der Waals surface area contributed by atoms with Crippen molar-refractivity contribution in [3.63, 3.8) is 0 Å². The minimum Gasteiger partial charge on any atom is -0.481 e. The molecule has 0 spiro atoms. The highest BCUT2D eigenvalue weighted by molar-refractivity contribution is 5.89. The molecule has 1 saturated carbocycles. The molecule has 0 aromatic rings. The third-order valence-corrected chi connectivity index (χ3v) is 5.51. The summed E-state index contributed by atoms with van der Waals surface area (Å²) in [5, 5.41) is 25.9. The van der Waals surface area contributed by atoms with Crippen LogP contribution in [0.15, 0.2) is 0 Å². The molecule has 10 nitrogen and oxygen atoms in total. The van der Waals surface area contributed by atoms with E-state index in [9.17, 15) is 29.1 Å². The zero-order valence-electron chi connectivity index (χ0n) is 18.3. The predicted molar refractivity (Wildman–Crippen MR) is 112 cm³/mol. The standard InChI is InChI=1S/C21H35N3O7/c1-3-12-22-20(29)15(9-11-18(26)27)23-17(25)10-8-16(21(30)31)24-19(28)14-6-4-13(2)5-7-14/h13-16H,3-12H2,1-2H3,(H,22,29)(H,23,25)(H,24,28)(H,26,27)(H,30,31). The van der Waals surface area contributed by atoms with Crippen LogP contribution in [0.5, 0.6) is 0 Å². The van der Waals surface area contributed by atoms with E-state index < -0.39 is 35.8 Å². The molecule has 3 amide bonds. The molecule has 2 unspecified atom stereocenters.